The van der Waals surface area contributed by atoms with Crippen LogP contribution in [0.2, 0.25) is 0 Å². The van der Waals surface area contributed by atoms with Crippen LogP contribution in [0.3, 0.4) is 0 Å². The zero-order valence-corrected chi connectivity index (χ0v) is 13.9. The van der Waals surface area contributed by atoms with Crippen molar-refractivity contribution in [2.75, 3.05) is 20.2 Å². The molecule has 0 radical (unpaired) electrons. The Balaban J connectivity index is 1.80. The SMILES string of the molecule is CCN(CCCn1nc(C)cc1C)Cc1nc(COC)no1. The van der Waals surface area contributed by atoms with Gasteiger partial charge in [0.15, 0.2) is 5.82 Å². The molecule has 0 unspecified atom stereocenters. The van der Waals surface area contributed by atoms with Gasteiger partial charge in [0.25, 0.3) is 0 Å². The number of aromatic nitrogens is 4. The first-order valence-corrected chi connectivity index (χ1v) is 7.66. The molecule has 2 rings (SSSR count). The fourth-order valence-electron chi connectivity index (χ4n) is 2.43. The van der Waals surface area contributed by atoms with Crippen molar-refractivity contribution in [2.45, 2.75) is 46.9 Å². The van der Waals surface area contributed by atoms with Crippen LogP contribution in [-0.4, -0.2) is 45.0 Å². The molecule has 0 aromatic carbocycles. The Morgan fingerprint density at radius 1 is 1.36 bits per heavy atom. The number of nitrogens with zero attached hydrogens (tertiary/aromatic N) is 5. The monoisotopic (exact) mass is 307 g/mol. The van der Waals surface area contributed by atoms with Crippen molar-refractivity contribution < 1.29 is 9.26 Å². The fraction of sp³-hybridized carbons (Fsp3) is 0.667. The van der Waals surface area contributed by atoms with Gasteiger partial charge in [0.1, 0.15) is 6.61 Å². The van der Waals surface area contributed by atoms with Crippen LogP contribution in [0.25, 0.3) is 0 Å². The van der Waals surface area contributed by atoms with Crippen LogP contribution in [-0.2, 0) is 24.4 Å². The highest BCUT2D eigenvalue weighted by Crippen LogP contribution is 2.06. The van der Waals surface area contributed by atoms with Gasteiger partial charge in [-0.15, -0.1) is 0 Å². The van der Waals surface area contributed by atoms with Crippen LogP contribution in [0.1, 0.15) is 36.4 Å². The second-order valence-electron chi connectivity index (χ2n) is 5.41. The van der Waals surface area contributed by atoms with Gasteiger partial charge < -0.3 is 9.26 Å². The molecule has 0 aliphatic carbocycles. The molecule has 0 amide bonds. The van der Waals surface area contributed by atoms with E-state index >= 15 is 0 Å². The number of rotatable bonds is 9. The summed E-state index contributed by atoms with van der Waals surface area (Å²) in [5.74, 6) is 1.23. The Hall–Kier alpha value is -1.73. The fourth-order valence-corrected chi connectivity index (χ4v) is 2.43. The second kappa shape index (κ2) is 8.05. The zero-order chi connectivity index (χ0) is 15.9. The van der Waals surface area contributed by atoms with E-state index in [1.807, 2.05) is 6.92 Å². The van der Waals surface area contributed by atoms with E-state index in [-0.39, 0.29) is 0 Å². The summed E-state index contributed by atoms with van der Waals surface area (Å²) in [5, 5.41) is 8.37. The van der Waals surface area contributed by atoms with Crippen LogP contribution < -0.4 is 0 Å². The predicted octanol–water partition coefficient (Wildman–Crippen LogP) is 1.94. The molecule has 7 nitrogen and oxygen atoms in total. The highest BCUT2D eigenvalue weighted by molar-refractivity contribution is 5.06. The van der Waals surface area contributed by atoms with Crippen molar-refractivity contribution in [2.24, 2.45) is 0 Å². The van der Waals surface area contributed by atoms with Crippen LogP contribution in [0.5, 0.6) is 0 Å². The maximum absolute atomic E-state index is 5.24. The molecule has 0 aliphatic heterocycles. The molecule has 0 fully saturated rings. The molecule has 0 bridgehead atoms. The van der Waals surface area contributed by atoms with Gasteiger partial charge in [0, 0.05) is 25.9 Å². The third kappa shape index (κ3) is 4.64. The molecule has 0 spiro atoms. The van der Waals surface area contributed by atoms with E-state index in [2.05, 4.69) is 44.7 Å². The summed E-state index contributed by atoms with van der Waals surface area (Å²) in [7, 11) is 1.62. The summed E-state index contributed by atoms with van der Waals surface area (Å²) in [6.07, 6.45) is 1.04. The average molecular weight is 307 g/mol. The maximum atomic E-state index is 5.24. The Kier molecular flexibility index (Phi) is 6.09. The molecule has 0 saturated heterocycles. The minimum atomic E-state index is 0.382. The van der Waals surface area contributed by atoms with E-state index < -0.39 is 0 Å². The predicted molar refractivity (Wildman–Crippen MR) is 82.3 cm³/mol. The minimum Gasteiger partial charge on any atom is -0.377 e. The van der Waals surface area contributed by atoms with Crippen molar-refractivity contribution in [3.8, 4) is 0 Å². The molecule has 2 aromatic rings. The molecular weight excluding hydrogens is 282 g/mol. The Morgan fingerprint density at radius 2 is 2.18 bits per heavy atom. The standard InChI is InChI=1S/C15H25N5O2/c1-5-19(10-15-16-14(11-21-4)18-22-15)7-6-8-20-13(3)9-12(2)17-20/h9H,5-8,10-11H2,1-4H3. The van der Waals surface area contributed by atoms with Crippen molar-refractivity contribution in [1.29, 1.82) is 0 Å². The van der Waals surface area contributed by atoms with Crippen LogP contribution in [0, 0.1) is 13.8 Å². The van der Waals surface area contributed by atoms with E-state index in [4.69, 9.17) is 9.26 Å². The van der Waals surface area contributed by atoms with E-state index in [1.54, 1.807) is 7.11 Å². The number of aryl methyl sites for hydroxylation is 3. The molecule has 122 valence electrons. The van der Waals surface area contributed by atoms with E-state index in [0.29, 0.717) is 24.9 Å². The number of methoxy groups -OCH3 is 1. The molecule has 0 aliphatic rings. The van der Waals surface area contributed by atoms with Gasteiger partial charge in [-0.3, -0.25) is 9.58 Å². The molecule has 7 heteroatoms. The summed E-state index contributed by atoms with van der Waals surface area (Å²) < 4.78 is 12.3. The first-order chi connectivity index (χ1) is 10.6. The topological polar surface area (TPSA) is 69.2 Å². The molecule has 0 saturated carbocycles. The Bertz CT molecular complexity index is 578. The summed E-state index contributed by atoms with van der Waals surface area (Å²) >= 11 is 0. The van der Waals surface area contributed by atoms with Gasteiger partial charge in [-0.05, 0) is 32.9 Å². The van der Waals surface area contributed by atoms with Crippen LogP contribution >= 0.6 is 0 Å². The third-order valence-corrected chi connectivity index (χ3v) is 3.54. The van der Waals surface area contributed by atoms with Crippen LogP contribution in [0.4, 0.5) is 0 Å². The molecule has 0 atom stereocenters. The van der Waals surface area contributed by atoms with E-state index in [9.17, 15) is 0 Å². The van der Waals surface area contributed by atoms with Gasteiger partial charge in [0.05, 0.1) is 12.2 Å². The average Bonchev–Trinajstić information content (AvgIpc) is 3.05. The second-order valence-corrected chi connectivity index (χ2v) is 5.41. The van der Waals surface area contributed by atoms with Gasteiger partial charge in [-0.1, -0.05) is 12.1 Å². The van der Waals surface area contributed by atoms with Gasteiger partial charge in [-0.25, -0.2) is 0 Å². The summed E-state index contributed by atoms with van der Waals surface area (Å²) in [6, 6.07) is 2.10. The maximum Gasteiger partial charge on any atom is 0.240 e. The quantitative estimate of drug-likeness (QED) is 0.705. The number of hydrogen-bond acceptors (Lipinski definition) is 6. The van der Waals surface area contributed by atoms with Crippen molar-refractivity contribution in [3.05, 3.63) is 29.2 Å². The minimum absolute atomic E-state index is 0.382. The summed E-state index contributed by atoms with van der Waals surface area (Å²) in [6.45, 7) is 10.1. The molecular formula is C15H25N5O2. The molecule has 2 heterocycles. The smallest absolute Gasteiger partial charge is 0.240 e. The number of ether oxygens (including phenoxy) is 1. The Labute approximate surface area is 131 Å². The van der Waals surface area contributed by atoms with E-state index in [1.165, 1.54) is 5.69 Å². The highest BCUT2D eigenvalue weighted by atomic mass is 16.5. The largest absolute Gasteiger partial charge is 0.377 e. The zero-order valence-electron chi connectivity index (χ0n) is 13.9. The normalized spacial score (nSPS) is 11.5. The summed E-state index contributed by atoms with van der Waals surface area (Å²) in [5.41, 5.74) is 2.28. The lowest BCUT2D eigenvalue weighted by Gasteiger charge is -2.18. The van der Waals surface area contributed by atoms with Crippen LogP contribution in [0.15, 0.2) is 10.6 Å². The lowest BCUT2D eigenvalue weighted by molar-refractivity contribution is 0.174. The van der Waals surface area contributed by atoms with Crippen molar-refractivity contribution in [3.63, 3.8) is 0 Å². The first-order valence-electron chi connectivity index (χ1n) is 7.66. The molecule has 2 aromatic heterocycles. The molecule has 22 heavy (non-hydrogen) atoms. The van der Waals surface area contributed by atoms with E-state index in [0.717, 1.165) is 31.7 Å². The first kappa shape index (κ1) is 16.6. The van der Waals surface area contributed by atoms with Crippen molar-refractivity contribution in [1.82, 2.24) is 24.8 Å². The third-order valence-electron chi connectivity index (χ3n) is 3.54. The van der Waals surface area contributed by atoms with Crippen molar-refractivity contribution >= 4 is 0 Å². The van der Waals surface area contributed by atoms with Gasteiger partial charge in [0.2, 0.25) is 5.89 Å². The molecule has 0 N–H and O–H groups in total. The van der Waals surface area contributed by atoms with Gasteiger partial charge in [-0.2, -0.15) is 10.1 Å². The Morgan fingerprint density at radius 3 is 2.82 bits per heavy atom. The highest BCUT2D eigenvalue weighted by Gasteiger charge is 2.11. The summed E-state index contributed by atoms with van der Waals surface area (Å²) in [4.78, 5) is 6.60. The lowest BCUT2D eigenvalue weighted by Crippen LogP contribution is -2.25. The lowest BCUT2D eigenvalue weighted by atomic mass is 10.3. The number of hydrogen-bond donors (Lipinski definition) is 0. The van der Waals surface area contributed by atoms with Gasteiger partial charge >= 0.3 is 0 Å².